The van der Waals surface area contributed by atoms with E-state index in [4.69, 9.17) is 0 Å². The van der Waals surface area contributed by atoms with Gasteiger partial charge in [0.2, 0.25) is 0 Å². The van der Waals surface area contributed by atoms with Gasteiger partial charge >= 0.3 is 0 Å². The van der Waals surface area contributed by atoms with E-state index < -0.39 is 4.92 Å². The molecule has 25 heavy (non-hydrogen) atoms. The molecule has 1 aromatic carbocycles. The van der Waals surface area contributed by atoms with Crippen LogP contribution in [0.25, 0.3) is 0 Å². The standard InChI is InChI=1S/C18H25N3O3S/c1-2-25-17-7-5-6-15(17)19-13-8-9-16(21(23)24)14(12-13)18(22)20-10-3-4-11-20/h8-9,12,15,17,19H,2-7,10-11H2,1H3. The summed E-state index contributed by atoms with van der Waals surface area (Å²) in [4.78, 5) is 25.3. The monoisotopic (exact) mass is 363 g/mol. The number of nitrogens with one attached hydrogen (secondary N) is 1. The average molecular weight is 363 g/mol. The number of benzene rings is 1. The van der Waals surface area contributed by atoms with Crippen LogP contribution >= 0.6 is 11.8 Å². The van der Waals surface area contributed by atoms with Gasteiger partial charge in [0.25, 0.3) is 11.6 Å². The van der Waals surface area contributed by atoms with E-state index in [1.807, 2.05) is 11.8 Å². The van der Waals surface area contributed by atoms with Gasteiger partial charge in [0.05, 0.1) is 4.92 Å². The first-order valence-electron chi connectivity index (χ1n) is 9.06. The summed E-state index contributed by atoms with van der Waals surface area (Å²) < 4.78 is 0. The van der Waals surface area contributed by atoms with E-state index in [9.17, 15) is 14.9 Å². The zero-order valence-corrected chi connectivity index (χ0v) is 15.4. The van der Waals surface area contributed by atoms with Crippen molar-refractivity contribution in [1.82, 2.24) is 4.90 Å². The van der Waals surface area contributed by atoms with Crippen molar-refractivity contribution in [3.05, 3.63) is 33.9 Å². The molecule has 0 bridgehead atoms. The van der Waals surface area contributed by atoms with Crippen molar-refractivity contribution < 1.29 is 9.72 Å². The summed E-state index contributed by atoms with van der Waals surface area (Å²) >= 11 is 1.96. The van der Waals surface area contributed by atoms with E-state index in [0.717, 1.165) is 30.7 Å². The van der Waals surface area contributed by atoms with Crippen molar-refractivity contribution in [2.24, 2.45) is 0 Å². The number of carbonyl (C=O) groups is 1. The van der Waals surface area contributed by atoms with Gasteiger partial charge in [-0.3, -0.25) is 14.9 Å². The molecular formula is C18H25N3O3S. The normalized spacial score (nSPS) is 23.0. The van der Waals surface area contributed by atoms with Crippen LogP contribution in [0.15, 0.2) is 18.2 Å². The lowest BCUT2D eigenvalue weighted by Crippen LogP contribution is -2.29. The Bertz CT molecular complexity index is 646. The van der Waals surface area contributed by atoms with E-state index in [-0.39, 0.29) is 17.2 Å². The Balaban J connectivity index is 1.82. The fraction of sp³-hybridized carbons (Fsp3) is 0.611. The van der Waals surface area contributed by atoms with Crippen LogP contribution in [0.1, 0.15) is 49.4 Å². The van der Waals surface area contributed by atoms with E-state index in [0.29, 0.717) is 24.4 Å². The number of hydrogen-bond acceptors (Lipinski definition) is 5. The largest absolute Gasteiger partial charge is 0.381 e. The molecule has 2 fully saturated rings. The number of rotatable bonds is 6. The number of carbonyl (C=O) groups excluding carboxylic acids is 1. The summed E-state index contributed by atoms with van der Waals surface area (Å²) in [5.41, 5.74) is 0.907. The predicted octanol–water partition coefficient (Wildman–Crippen LogP) is 3.92. The van der Waals surface area contributed by atoms with E-state index >= 15 is 0 Å². The lowest BCUT2D eigenvalue weighted by atomic mass is 10.1. The molecular weight excluding hydrogens is 338 g/mol. The number of anilines is 1. The summed E-state index contributed by atoms with van der Waals surface area (Å²) in [5.74, 6) is 0.862. The van der Waals surface area contributed by atoms with Crippen LogP contribution in [0.4, 0.5) is 11.4 Å². The van der Waals surface area contributed by atoms with Crippen molar-refractivity contribution in [2.45, 2.75) is 50.3 Å². The predicted molar refractivity (Wildman–Crippen MR) is 101 cm³/mol. The fourth-order valence-corrected chi connectivity index (χ4v) is 4.96. The van der Waals surface area contributed by atoms with Crippen molar-refractivity contribution in [2.75, 3.05) is 24.2 Å². The zero-order valence-electron chi connectivity index (χ0n) is 14.6. The molecule has 1 saturated carbocycles. The number of hydrogen-bond donors (Lipinski definition) is 1. The minimum absolute atomic E-state index is 0.103. The second-order valence-corrected chi connectivity index (χ2v) is 8.18. The van der Waals surface area contributed by atoms with Gasteiger partial charge in [0.15, 0.2) is 0 Å². The van der Waals surface area contributed by atoms with Crippen LogP contribution in [0.5, 0.6) is 0 Å². The summed E-state index contributed by atoms with van der Waals surface area (Å²) in [6, 6.07) is 5.22. The molecule has 2 aliphatic rings. The van der Waals surface area contributed by atoms with Crippen LogP contribution in [-0.2, 0) is 0 Å². The SMILES string of the molecule is CCSC1CCCC1Nc1ccc([N+](=O)[O-])c(C(=O)N2CCCC2)c1. The van der Waals surface area contributed by atoms with E-state index in [2.05, 4.69) is 12.2 Å². The average Bonchev–Trinajstić information content (AvgIpc) is 3.27. The molecule has 0 radical (unpaired) electrons. The Morgan fingerprint density at radius 3 is 2.76 bits per heavy atom. The van der Waals surface area contributed by atoms with Crippen LogP contribution in [-0.4, -0.2) is 45.9 Å². The zero-order chi connectivity index (χ0) is 17.8. The topological polar surface area (TPSA) is 75.5 Å². The first kappa shape index (κ1) is 18.0. The number of nitrogens with zero attached hydrogens (tertiary/aromatic N) is 2. The van der Waals surface area contributed by atoms with Gasteiger partial charge in [-0.1, -0.05) is 13.3 Å². The Morgan fingerprint density at radius 1 is 1.32 bits per heavy atom. The summed E-state index contributed by atoms with van der Waals surface area (Å²) in [6.45, 7) is 3.54. The summed E-state index contributed by atoms with van der Waals surface area (Å²) in [7, 11) is 0. The molecule has 1 N–H and O–H groups in total. The van der Waals surface area contributed by atoms with E-state index in [1.165, 1.54) is 18.9 Å². The van der Waals surface area contributed by atoms with Crippen molar-refractivity contribution in [3.8, 4) is 0 Å². The highest BCUT2D eigenvalue weighted by Crippen LogP contribution is 2.33. The molecule has 0 aromatic heterocycles. The maximum absolute atomic E-state index is 12.7. The lowest BCUT2D eigenvalue weighted by Gasteiger charge is -2.22. The van der Waals surface area contributed by atoms with E-state index in [1.54, 1.807) is 17.0 Å². The maximum atomic E-state index is 12.7. The molecule has 6 nitrogen and oxygen atoms in total. The number of nitro benzene ring substituents is 1. The molecule has 1 aromatic rings. The highest BCUT2D eigenvalue weighted by molar-refractivity contribution is 7.99. The Kier molecular flexibility index (Phi) is 5.83. The van der Waals surface area contributed by atoms with Gasteiger partial charge in [-0.25, -0.2) is 0 Å². The third kappa shape index (κ3) is 4.08. The number of likely N-dealkylation sites (tertiary alicyclic amines) is 1. The third-order valence-corrected chi connectivity index (χ3v) is 6.33. The van der Waals surface area contributed by atoms with Gasteiger partial charge in [-0.05, 0) is 43.6 Å². The molecule has 1 amide bonds. The van der Waals surface area contributed by atoms with Crippen molar-refractivity contribution >= 4 is 29.0 Å². The van der Waals surface area contributed by atoms with Crippen LogP contribution in [0.3, 0.4) is 0 Å². The fourth-order valence-electron chi connectivity index (χ4n) is 3.77. The summed E-state index contributed by atoms with van der Waals surface area (Å²) in [6.07, 6.45) is 5.43. The molecule has 1 saturated heterocycles. The first-order chi connectivity index (χ1) is 12.1. The van der Waals surface area contributed by atoms with Crippen LogP contribution in [0, 0.1) is 10.1 Å². The third-order valence-electron chi connectivity index (χ3n) is 5.00. The smallest absolute Gasteiger partial charge is 0.282 e. The van der Waals surface area contributed by atoms with Crippen molar-refractivity contribution in [3.63, 3.8) is 0 Å². The molecule has 7 heteroatoms. The van der Waals surface area contributed by atoms with Gasteiger partial charge in [0, 0.05) is 36.1 Å². The second-order valence-electron chi connectivity index (χ2n) is 6.66. The molecule has 1 aliphatic heterocycles. The lowest BCUT2D eigenvalue weighted by molar-refractivity contribution is -0.385. The highest BCUT2D eigenvalue weighted by atomic mass is 32.2. The Labute approximate surface area is 152 Å². The highest BCUT2D eigenvalue weighted by Gasteiger charge is 2.29. The quantitative estimate of drug-likeness (QED) is 0.612. The summed E-state index contributed by atoms with van der Waals surface area (Å²) in [5, 5.41) is 15.4. The Morgan fingerprint density at radius 2 is 2.08 bits per heavy atom. The van der Waals surface area contributed by atoms with Gasteiger partial charge < -0.3 is 10.2 Å². The van der Waals surface area contributed by atoms with Crippen LogP contribution in [0.2, 0.25) is 0 Å². The molecule has 1 aliphatic carbocycles. The number of nitro groups is 1. The van der Waals surface area contributed by atoms with Gasteiger partial charge in [0.1, 0.15) is 5.56 Å². The van der Waals surface area contributed by atoms with Crippen LogP contribution < -0.4 is 5.32 Å². The molecule has 2 unspecified atom stereocenters. The second kappa shape index (κ2) is 8.08. The van der Waals surface area contributed by atoms with Crippen molar-refractivity contribution in [1.29, 1.82) is 0 Å². The molecule has 2 atom stereocenters. The first-order valence-corrected chi connectivity index (χ1v) is 10.1. The van der Waals surface area contributed by atoms with Gasteiger partial charge in [-0.15, -0.1) is 0 Å². The molecule has 1 heterocycles. The Hall–Kier alpha value is -1.76. The molecule has 136 valence electrons. The minimum Gasteiger partial charge on any atom is -0.381 e. The molecule has 3 rings (SSSR count). The molecule has 0 spiro atoms. The number of thioether (sulfide) groups is 1. The maximum Gasteiger partial charge on any atom is 0.282 e. The minimum atomic E-state index is -0.460. The number of amides is 1. The van der Waals surface area contributed by atoms with Gasteiger partial charge in [-0.2, -0.15) is 11.8 Å².